The Balaban J connectivity index is 1.93. The van der Waals surface area contributed by atoms with Crippen LogP contribution in [0.2, 0.25) is 0 Å². The zero-order valence-electron chi connectivity index (χ0n) is 12.4. The molecule has 0 aliphatic heterocycles. The summed E-state index contributed by atoms with van der Waals surface area (Å²) < 4.78 is 0. The van der Waals surface area contributed by atoms with E-state index in [0.717, 1.165) is 31.2 Å². The summed E-state index contributed by atoms with van der Waals surface area (Å²) in [6, 6.07) is 8.97. The molecule has 114 valence electrons. The molecule has 5 nitrogen and oxygen atoms in total. The van der Waals surface area contributed by atoms with Gasteiger partial charge in [-0.25, -0.2) is 4.79 Å². The first-order valence-corrected chi connectivity index (χ1v) is 7.51. The molecule has 5 heteroatoms. The van der Waals surface area contributed by atoms with Gasteiger partial charge in [0.05, 0.1) is 5.54 Å². The summed E-state index contributed by atoms with van der Waals surface area (Å²) in [5.74, 6) is -0.483. The minimum atomic E-state index is -0.600. The number of rotatable bonds is 7. The Labute approximate surface area is 125 Å². The summed E-state index contributed by atoms with van der Waals surface area (Å²) >= 11 is 0. The van der Waals surface area contributed by atoms with E-state index in [0.29, 0.717) is 6.42 Å². The smallest absolute Gasteiger partial charge is 0.316 e. The molecule has 1 aliphatic carbocycles. The summed E-state index contributed by atoms with van der Waals surface area (Å²) in [6.07, 6.45) is 4.23. The predicted octanol–water partition coefficient (Wildman–Crippen LogP) is 2.02. The Kier molecular flexibility index (Phi) is 4.83. The van der Waals surface area contributed by atoms with Gasteiger partial charge in [-0.05, 0) is 24.8 Å². The van der Waals surface area contributed by atoms with E-state index < -0.39 is 11.9 Å². The van der Waals surface area contributed by atoms with Crippen molar-refractivity contribution in [2.75, 3.05) is 0 Å². The highest BCUT2D eigenvalue weighted by Gasteiger charge is 2.45. The van der Waals surface area contributed by atoms with E-state index in [1.54, 1.807) is 0 Å². The SMILES string of the molecule is CCCC[C@@H](NC(=O)NC1(c2ccccc2)CC1)C(N)=O. The van der Waals surface area contributed by atoms with Gasteiger partial charge in [-0.1, -0.05) is 50.1 Å². The molecule has 0 radical (unpaired) electrons. The van der Waals surface area contributed by atoms with E-state index in [9.17, 15) is 9.59 Å². The second-order valence-electron chi connectivity index (χ2n) is 5.64. The van der Waals surface area contributed by atoms with Crippen molar-refractivity contribution in [2.45, 2.75) is 50.6 Å². The number of hydrogen-bond acceptors (Lipinski definition) is 2. The monoisotopic (exact) mass is 289 g/mol. The van der Waals surface area contributed by atoms with Crippen LogP contribution in [-0.4, -0.2) is 18.0 Å². The molecule has 1 fully saturated rings. The van der Waals surface area contributed by atoms with Crippen LogP contribution in [0.4, 0.5) is 4.79 Å². The third-order valence-electron chi connectivity index (χ3n) is 3.92. The minimum absolute atomic E-state index is 0.279. The lowest BCUT2D eigenvalue weighted by Gasteiger charge is -2.21. The van der Waals surface area contributed by atoms with E-state index in [1.807, 2.05) is 37.3 Å². The van der Waals surface area contributed by atoms with Crippen LogP contribution in [0.1, 0.15) is 44.6 Å². The Morgan fingerprint density at radius 2 is 1.95 bits per heavy atom. The van der Waals surface area contributed by atoms with Gasteiger partial charge in [0.15, 0.2) is 0 Å². The summed E-state index contributed by atoms with van der Waals surface area (Å²) in [6.45, 7) is 2.03. The molecule has 0 spiro atoms. The molecule has 0 heterocycles. The Hall–Kier alpha value is -2.04. The average molecular weight is 289 g/mol. The normalized spacial score (nSPS) is 16.8. The molecule has 3 amide bonds. The Morgan fingerprint density at radius 1 is 1.29 bits per heavy atom. The standard InChI is InChI=1S/C16H23N3O2/c1-2-3-9-13(14(17)20)18-15(21)19-16(10-11-16)12-7-5-4-6-8-12/h4-8,13H,2-3,9-11H2,1H3,(H2,17,20)(H2,18,19,21)/t13-/m1/s1. The highest BCUT2D eigenvalue weighted by Crippen LogP contribution is 2.45. The lowest BCUT2D eigenvalue weighted by Crippen LogP contribution is -2.50. The number of primary amides is 1. The van der Waals surface area contributed by atoms with Gasteiger partial charge in [0.1, 0.15) is 6.04 Å². The van der Waals surface area contributed by atoms with Gasteiger partial charge in [-0.3, -0.25) is 4.79 Å². The number of unbranched alkanes of at least 4 members (excludes halogenated alkanes) is 1. The molecule has 1 aromatic rings. The average Bonchev–Trinajstić information content (AvgIpc) is 3.25. The van der Waals surface area contributed by atoms with Crippen molar-refractivity contribution >= 4 is 11.9 Å². The molecule has 1 aliphatic rings. The summed E-state index contributed by atoms with van der Waals surface area (Å²) in [7, 11) is 0. The fourth-order valence-electron chi connectivity index (χ4n) is 2.47. The maximum Gasteiger partial charge on any atom is 0.316 e. The van der Waals surface area contributed by atoms with Crippen molar-refractivity contribution in [1.29, 1.82) is 0 Å². The molecular weight excluding hydrogens is 266 g/mol. The van der Waals surface area contributed by atoms with Gasteiger partial charge >= 0.3 is 6.03 Å². The fourth-order valence-corrected chi connectivity index (χ4v) is 2.47. The molecular formula is C16H23N3O2. The molecule has 1 aromatic carbocycles. The Morgan fingerprint density at radius 3 is 2.48 bits per heavy atom. The van der Waals surface area contributed by atoms with E-state index >= 15 is 0 Å². The second-order valence-corrected chi connectivity index (χ2v) is 5.64. The molecule has 0 bridgehead atoms. The van der Waals surface area contributed by atoms with Crippen LogP contribution in [-0.2, 0) is 10.3 Å². The zero-order chi connectivity index (χ0) is 15.3. The quantitative estimate of drug-likeness (QED) is 0.717. The third-order valence-corrected chi connectivity index (χ3v) is 3.92. The van der Waals surface area contributed by atoms with Crippen molar-refractivity contribution < 1.29 is 9.59 Å². The third kappa shape index (κ3) is 3.97. The van der Waals surface area contributed by atoms with Crippen LogP contribution in [0, 0.1) is 0 Å². The van der Waals surface area contributed by atoms with E-state index in [-0.39, 0.29) is 11.6 Å². The lowest BCUT2D eigenvalue weighted by molar-refractivity contribution is -0.119. The molecule has 4 N–H and O–H groups in total. The molecule has 0 unspecified atom stereocenters. The first-order valence-electron chi connectivity index (χ1n) is 7.51. The van der Waals surface area contributed by atoms with E-state index in [2.05, 4.69) is 10.6 Å². The van der Waals surface area contributed by atoms with Crippen LogP contribution < -0.4 is 16.4 Å². The summed E-state index contributed by atoms with van der Waals surface area (Å²) in [4.78, 5) is 23.5. The second kappa shape index (κ2) is 6.61. The van der Waals surface area contributed by atoms with Gasteiger partial charge in [-0.15, -0.1) is 0 Å². The number of nitrogens with two attached hydrogens (primary N) is 1. The lowest BCUT2D eigenvalue weighted by atomic mass is 10.1. The molecule has 0 saturated heterocycles. The zero-order valence-corrected chi connectivity index (χ0v) is 12.4. The maximum atomic E-state index is 12.1. The van der Waals surface area contributed by atoms with Gasteiger partial charge in [0.2, 0.25) is 5.91 Å². The number of benzene rings is 1. The number of amides is 3. The van der Waals surface area contributed by atoms with Gasteiger partial charge in [0, 0.05) is 0 Å². The van der Waals surface area contributed by atoms with E-state index in [1.165, 1.54) is 0 Å². The summed E-state index contributed by atoms with van der Waals surface area (Å²) in [5, 5.41) is 5.68. The van der Waals surface area contributed by atoms with Crippen molar-refractivity contribution in [3.05, 3.63) is 35.9 Å². The molecule has 1 saturated carbocycles. The van der Waals surface area contributed by atoms with Crippen LogP contribution in [0.15, 0.2) is 30.3 Å². The predicted molar refractivity (Wildman–Crippen MR) is 81.5 cm³/mol. The Bertz CT molecular complexity index is 498. The van der Waals surface area contributed by atoms with Crippen LogP contribution >= 0.6 is 0 Å². The van der Waals surface area contributed by atoms with Crippen LogP contribution in [0.5, 0.6) is 0 Å². The molecule has 21 heavy (non-hydrogen) atoms. The topological polar surface area (TPSA) is 84.2 Å². The fraction of sp³-hybridized carbons (Fsp3) is 0.500. The van der Waals surface area contributed by atoms with Gasteiger partial charge in [-0.2, -0.15) is 0 Å². The summed E-state index contributed by atoms with van der Waals surface area (Å²) in [5.41, 5.74) is 6.16. The maximum absolute atomic E-state index is 12.1. The minimum Gasteiger partial charge on any atom is -0.368 e. The number of hydrogen-bond donors (Lipinski definition) is 3. The molecule has 2 rings (SSSR count). The first kappa shape index (κ1) is 15.4. The highest BCUT2D eigenvalue weighted by atomic mass is 16.2. The number of carbonyl (C=O) groups is 2. The van der Waals surface area contributed by atoms with Crippen LogP contribution in [0.25, 0.3) is 0 Å². The molecule has 1 atom stereocenters. The van der Waals surface area contributed by atoms with Crippen molar-refractivity contribution in [2.24, 2.45) is 5.73 Å². The first-order chi connectivity index (χ1) is 10.1. The largest absolute Gasteiger partial charge is 0.368 e. The van der Waals surface area contributed by atoms with Crippen LogP contribution in [0.3, 0.4) is 0 Å². The highest BCUT2D eigenvalue weighted by molar-refractivity contribution is 5.86. The van der Waals surface area contributed by atoms with Gasteiger partial charge in [0.25, 0.3) is 0 Å². The number of urea groups is 1. The van der Waals surface area contributed by atoms with Crippen molar-refractivity contribution in [3.63, 3.8) is 0 Å². The molecule has 0 aromatic heterocycles. The van der Waals surface area contributed by atoms with Gasteiger partial charge < -0.3 is 16.4 Å². The van der Waals surface area contributed by atoms with E-state index in [4.69, 9.17) is 5.73 Å². The number of carbonyl (C=O) groups excluding carboxylic acids is 2. The van der Waals surface area contributed by atoms with Crippen molar-refractivity contribution in [3.8, 4) is 0 Å². The number of nitrogens with one attached hydrogen (secondary N) is 2. The van der Waals surface area contributed by atoms with Crippen molar-refractivity contribution in [1.82, 2.24) is 10.6 Å².